The molecule has 0 aliphatic heterocycles. The zero-order valence-electron chi connectivity index (χ0n) is 10.2. The number of rotatable bonds is 3. The van der Waals surface area contributed by atoms with Gasteiger partial charge in [-0.25, -0.2) is 9.97 Å². The molecule has 2 rings (SSSR count). The van der Waals surface area contributed by atoms with Crippen LogP contribution in [0.2, 0.25) is 0 Å². The van der Waals surface area contributed by atoms with E-state index in [-0.39, 0.29) is 0 Å². The second kappa shape index (κ2) is 4.71. The van der Waals surface area contributed by atoms with Crippen molar-refractivity contribution in [2.45, 2.75) is 26.7 Å². The summed E-state index contributed by atoms with van der Waals surface area (Å²) in [5.41, 5.74) is 8.67. The van der Waals surface area contributed by atoms with Crippen molar-refractivity contribution in [3.8, 4) is 0 Å². The summed E-state index contributed by atoms with van der Waals surface area (Å²) in [5.74, 6) is 1.10. The third kappa shape index (κ3) is 2.74. The van der Waals surface area contributed by atoms with Gasteiger partial charge in [-0.2, -0.15) is 0 Å². The Labute approximate surface area is 105 Å². The Morgan fingerprint density at radius 1 is 1.41 bits per heavy atom. The van der Waals surface area contributed by atoms with Crippen LogP contribution in [0.4, 0.5) is 16.6 Å². The van der Waals surface area contributed by atoms with Crippen molar-refractivity contribution in [1.29, 1.82) is 0 Å². The van der Waals surface area contributed by atoms with Gasteiger partial charge < -0.3 is 11.1 Å². The highest BCUT2D eigenvalue weighted by atomic mass is 32.1. The first kappa shape index (κ1) is 11.9. The zero-order valence-corrected chi connectivity index (χ0v) is 11.0. The number of thiazole rings is 1. The quantitative estimate of drug-likeness (QED) is 0.874. The largest absolute Gasteiger partial charge is 0.396 e. The molecular weight excluding hydrogens is 232 g/mol. The van der Waals surface area contributed by atoms with E-state index in [0.717, 1.165) is 16.4 Å². The van der Waals surface area contributed by atoms with Crippen LogP contribution in [0.1, 0.15) is 31.0 Å². The van der Waals surface area contributed by atoms with Crippen LogP contribution in [0, 0.1) is 6.92 Å². The van der Waals surface area contributed by atoms with Crippen LogP contribution in [0.5, 0.6) is 0 Å². The maximum absolute atomic E-state index is 5.89. The Kier molecular flexibility index (Phi) is 3.28. The van der Waals surface area contributed by atoms with Gasteiger partial charge >= 0.3 is 0 Å². The molecule has 2 aromatic heterocycles. The molecule has 0 unspecified atom stereocenters. The van der Waals surface area contributed by atoms with Gasteiger partial charge in [0.15, 0.2) is 10.9 Å². The van der Waals surface area contributed by atoms with E-state index in [1.807, 2.05) is 13.0 Å². The van der Waals surface area contributed by atoms with Gasteiger partial charge in [0.05, 0.1) is 11.4 Å². The standard InChI is InChI=1S/C12H16N4S/c1-7(2)10-6-17-12(15-10)16-11-9(13)4-8(3)5-14-11/h4-7H,13H2,1-3H3,(H,14,15,16). The molecule has 0 radical (unpaired) electrons. The molecule has 4 nitrogen and oxygen atoms in total. The summed E-state index contributed by atoms with van der Waals surface area (Å²) < 4.78 is 0. The van der Waals surface area contributed by atoms with Gasteiger partial charge in [-0.05, 0) is 24.5 Å². The van der Waals surface area contributed by atoms with E-state index in [9.17, 15) is 0 Å². The van der Waals surface area contributed by atoms with Crippen LogP contribution in [-0.2, 0) is 0 Å². The minimum atomic E-state index is 0.435. The number of nitrogen functional groups attached to an aromatic ring is 1. The van der Waals surface area contributed by atoms with E-state index in [1.165, 1.54) is 0 Å². The molecule has 5 heteroatoms. The second-order valence-corrected chi connectivity index (χ2v) is 5.17. The topological polar surface area (TPSA) is 63.8 Å². The van der Waals surface area contributed by atoms with Crippen LogP contribution >= 0.6 is 11.3 Å². The summed E-state index contributed by atoms with van der Waals surface area (Å²) in [4.78, 5) is 8.74. The van der Waals surface area contributed by atoms with Gasteiger partial charge in [0.1, 0.15) is 0 Å². The minimum absolute atomic E-state index is 0.435. The van der Waals surface area contributed by atoms with E-state index in [1.54, 1.807) is 17.5 Å². The Bertz CT molecular complexity index is 519. The molecule has 0 saturated carbocycles. The molecule has 0 atom stereocenters. The number of nitrogens with two attached hydrogens (primary N) is 1. The van der Waals surface area contributed by atoms with Crippen molar-refractivity contribution in [2.24, 2.45) is 0 Å². The van der Waals surface area contributed by atoms with Crippen LogP contribution < -0.4 is 11.1 Å². The normalized spacial score (nSPS) is 10.8. The predicted molar refractivity (Wildman–Crippen MR) is 72.9 cm³/mol. The van der Waals surface area contributed by atoms with Crippen molar-refractivity contribution in [2.75, 3.05) is 11.1 Å². The average molecular weight is 248 g/mol. The van der Waals surface area contributed by atoms with Crippen LogP contribution in [0.15, 0.2) is 17.6 Å². The molecule has 0 aliphatic carbocycles. The first-order valence-corrected chi connectivity index (χ1v) is 6.39. The van der Waals surface area contributed by atoms with Gasteiger partial charge in [-0.15, -0.1) is 11.3 Å². The van der Waals surface area contributed by atoms with E-state index in [0.29, 0.717) is 17.4 Å². The molecule has 2 heterocycles. The van der Waals surface area contributed by atoms with Gasteiger partial charge in [-0.3, -0.25) is 0 Å². The molecule has 0 aromatic carbocycles. The van der Waals surface area contributed by atoms with E-state index < -0.39 is 0 Å². The summed E-state index contributed by atoms with van der Waals surface area (Å²) in [5, 5.41) is 6.03. The summed E-state index contributed by atoms with van der Waals surface area (Å²) >= 11 is 1.57. The molecule has 17 heavy (non-hydrogen) atoms. The van der Waals surface area contributed by atoms with Crippen molar-refractivity contribution < 1.29 is 0 Å². The van der Waals surface area contributed by atoms with E-state index in [2.05, 4.69) is 34.5 Å². The molecule has 0 aliphatic rings. The summed E-state index contributed by atoms with van der Waals surface area (Å²) in [7, 11) is 0. The van der Waals surface area contributed by atoms with Crippen molar-refractivity contribution >= 4 is 28.0 Å². The average Bonchev–Trinajstić information content (AvgIpc) is 2.71. The SMILES string of the molecule is Cc1cnc(Nc2nc(C(C)C)cs2)c(N)c1. The fraction of sp³-hybridized carbons (Fsp3) is 0.333. The van der Waals surface area contributed by atoms with E-state index in [4.69, 9.17) is 5.73 Å². The van der Waals surface area contributed by atoms with Crippen molar-refractivity contribution in [3.63, 3.8) is 0 Å². The summed E-state index contributed by atoms with van der Waals surface area (Å²) in [6.45, 7) is 6.21. The fourth-order valence-electron chi connectivity index (χ4n) is 1.41. The predicted octanol–water partition coefficient (Wildman–Crippen LogP) is 3.30. The lowest BCUT2D eigenvalue weighted by Gasteiger charge is -2.05. The lowest BCUT2D eigenvalue weighted by atomic mass is 10.2. The first-order valence-electron chi connectivity index (χ1n) is 5.51. The summed E-state index contributed by atoms with van der Waals surface area (Å²) in [6, 6.07) is 1.90. The van der Waals surface area contributed by atoms with Crippen LogP contribution in [0.3, 0.4) is 0 Å². The maximum Gasteiger partial charge on any atom is 0.188 e. The number of anilines is 3. The highest BCUT2D eigenvalue weighted by Gasteiger charge is 2.07. The van der Waals surface area contributed by atoms with Gasteiger partial charge in [0, 0.05) is 11.6 Å². The van der Waals surface area contributed by atoms with Gasteiger partial charge in [0.2, 0.25) is 0 Å². The molecule has 0 spiro atoms. The van der Waals surface area contributed by atoms with Gasteiger partial charge in [0.25, 0.3) is 0 Å². The number of pyridine rings is 1. The third-order valence-electron chi connectivity index (χ3n) is 2.39. The minimum Gasteiger partial charge on any atom is -0.396 e. The number of aryl methyl sites for hydroxylation is 1. The third-order valence-corrected chi connectivity index (χ3v) is 3.17. The highest BCUT2D eigenvalue weighted by Crippen LogP contribution is 2.26. The Morgan fingerprint density at radius 3 is 2.76 bits per heavy atom. The van der Waals surface area contributed by atoms with Crippen LogP contribution in [-0.4, -0.2) is 9.97 Å². The number of hydrogen-bond acceptors (Lipinski definition) is 5. The molecule has 2 aromatic rings. The highest BCUT2D eigenvalue weighted by molar-refractivity contribution is 7.13. The number of nitrogens with zero attached hydrogens (tertiary/aromatic N) is 2. The number of aromatic nitrogens is 2. The first-order chi connectivity index (χ1) is 8.06. The second-order valence-electron chi connectivity index (χ2n) is 4.31. The smallest absolute Gasteiger partial charge is 0.188 e. The molecule has 0 fully saturated rings. The Hall–Kier alpha value is -1.62. The molecule has 3 N–H and O–H groups in total. The molecule has 90 valence electrons. The van der Waals surface area contributed by atoms with Crippen molar-refractivity contribution in [3.05, 3.63) is 28.9 Å². The van der Waals surface area contributed by atoms with E-state index >= 15 is 0 Å². The number of nitrogens with one attached hydrogen (secondary N) is 1. The lowest BCUT2D eigenvalue weighted by molar-refractivity contribution is 0.834. The summed E-state index contributed by atoms with van der Waals surface area (Å²) in [6.07, 6.45) is 1.79. The lowest BCUT2D eigenvalue weighted by Crippen LogP contribution is -1.99. The molecule has 0 amide bonds. The Balaban J connectivity index is 2.19. The molecule has 0 saturated heterocycles. The Morgan fingerprint density at radius 2 is 2.18 bits per heavy atom. The molecule has 0 bridgehead atoms. The fourth-order valence-corrected chi connectivity index (χ4v) is 2.28. The molecular formula is C12H16N4S. The van der Waals surface area contributed by atoms with Gasteiger partial charge in [-0.1, -0.05) is 13.8 Å². The monoisotopic (exact) mass is 248 g/mol. The maximum atomic E-state index is 5.89. The number of hydrogen-bond donors (Lipinski definition) is 2. The van der Waals surface area contributed by atoms with Crippen molar-refractivity contribution in [1.82, 2.24) is 9.97 Å². The zero-order chi connectivity index (χ0) is 12.4. The van der Waals surface area contributed by atoms with Crippen LogP contribution in [0.25, 0.3) is 0 Å².